The summed E-state index contributed by atoms with van der Waals surface area (Å²) in [7, 11) is 1.25. The number of ketones is 1. The van der Waals surface area contributed by atoms with Crippen LogP contribution in [-0.2, 0) is 25.5 Å². The van der Waals surface area contributed by atoms with Crippen molar-refractivity contribution in [1.82, 2.24) is 5.32 Å². The van der Waals surface area contributed by atoms with E-state index in [1.165, 1.54) is 19.2 Å². The number of carbonyl (C=O) groups excluding carboxylic acids is 3. The van der Waals surface area contributed by atoms with E-state index in [0.717, 1.165) is 0 Å². The number of rotatable bonds is 8. The first-order valence-corrected chi connectivity index (χ1v) is 9.27. The first kappa shape index (κ1) is 23.6. The molecule has 0 fully saturated rings. The largest absolute Gasteiger partial charge is 0.469 e. The molecule has 0 aliphatic heterocycles. The number of amides is 1. The van der Waals surface area contributed by atoms with Gasteiger partial charge in [-0.3, -0.25) is 9.59 Å². The van der Waals surface area contributed by atoms with E-state index in [9.17, 15) is 18.8 Å². The highest BCUT2D eigenvalue weighted by Gasteiger charge is 2.31. The van der Waals surface area contributed by atoms with Gasteiger partial charge in [-0.1, -0.05) is 26.0 Å². The minimum atomic E-state index is -0.796. The molecule has 7 heteroatoms. The highest BCUT2D eigenvalue weighted by molar-refractivity contribution is 5.90. The van der Waals surface area contributed by atoms with Crippen molar-refractivity contribution in [2.75, 3.05) is 7.11 Å². The fourth-order valence-electron chi connectivity index (χ4n) is 2.73. The lowest BCUT2D eigenvalue weighted by Crippen LogP contribution is -2.47. The van der Waals surface area contributed by atoms with Gasteiger partial charge in [0.2, 0.25) is 0 Å². The fourth-order valence-corrected chi connectivity index (χ4v) is 2.73. The number of hydrogen-bond acceptors (Lipinski definition) is 5. The van der Waals surface area contributed by atoms with Gasteiger partial charge in [0, 0.05) is 6.42 Å². The number of carbonyl (C=O) groups is 3. The Kier molecular flexibility index (Phi) is 8.60. The SMILES string of the molecule is COC(=O)[C@@H](CC(=O)[C@@H](NC(=O)OC(C)(C)C)C(C)C)Cc1ccc(F)cc1. The van der Waals surface area contributed by atoms with Crippen molar-refractivity contribution in [2.24, 2.45) is 11.8 Å². The van der Waals surface area contributed by atoms with Crippen LogP contribution in [0, 0.1) is 17.7 Å². The zero-order chi connectivity index (χ0) is 21.5. The molecule has 0 unspecified atom stereocenters. The van der Waals surface area contributed by atoms with Crippen LogP contribution in [0.5, 0.6) is 0 Å². The molecule has 0 bridgehead atoms. The zero-order valence-corrected chi connectivity index (χ0v) is 17.4. The highest BCUT2D eigenvalue weighted by Crippen LogP contribution is 2.18. The number of benzene rings is 1. The molecule has 2 atom stereocenters. The standard InChI is InChI=1S/C21H30FNO5/c1-13(2)18(23-20(26)28-21(3,4)5)17(24)12-15(19(25)27-6)11-14-7-9-16(22)10-8-14/h7-10,13,15,18H,11-12H2,1-6H3,(H,23,26)/t15-,18+/m1/s1. The Bertz CT molecular complexity index is 679. The van der Waals surface area contributed by atoms with Crippen molar-refractivity contribution in [3.63, 3.8) is 0 Å². The molecule has 28 heavy (non-hydrogen) atoms. The van der Waals surface area contributed by atoms with Crippen LogP contribution in [0.1, 0.15) is 46.6 Å². The van der Waals surface area contributed by atoms with Crippen LogP contribution in [-0.4, -0.2) is 36.6 Å². The Morgan fingerprint density at radius 1 is 1.11 bits per heavy atom. The lowest BCUT2D eigenvalue weighted by Gasteiger charge is -2.26. The lowest BCUT2D eigenvalue weighted by molar-refractivity contribution is -0.147. The Morgan fingerprint density at radius 3 is 2.14 bits per heavy atom. The van der Waals surface area contributed by atoms with Gasteiger partial charge >= 0.3 is 12.1 Å². The Labute approximate surface area is 165 Å². The fraction of sp³-hybridized carbons (Fsp3) is 0.571. The second-order valence-corrected chi connectivity index (χ2v) is 8.09. The van der Waals surface area contributed by atoms with E-state index in [1.54, 1.807) is 46.8 Å². The molecule has 0 aliphatic carbocycles. The molecule has 1 N–H and O–H groups in total. The normalized spacial score (nSPS) is 13.6. The summed E-state index contributed by atoms with van der Waals surface area (Å²) in [5.74, 6) is -2.12. The van der Waals surface area contributed by atoms with Gasteiger partial charge in [-0.05, 0) is 50.8 Å². The van der Waals surface area contributed by atoms with Crippen LogP contribution in [0.2, 0.25) is 0 Å². The summed E-state index contributed by atoms with van der Waals surface area (Å²) in [5, 5.41) is 2.59. The first-order valence-electron chi connectivity index (χ1n) is 9.27. The van der Waals surface area contributed by atoms with Crippen LogP contribution in [0.3, 0.4) is 0 Å². The number of alkyl carbamates (subject to hydrolysis) is 1. The van der Waals surface area contributed by atoms with Crippen molar-refractivity contribution in [1.29, 1.82) is 0 Å². The number of esters is 1. The molecule has 0 saturated heterocycles. The summed E-state index contributed by atoms with van der Waals surface area (Å²) < 4.78 is 23.1. The molecule has 0 spiro atoms. The molecule has 1 aromatic rings. The Balaban J connectivity index is 2.88. The average molecular weight is 395 g/mol. The van der Waals surface area contributed by atoms with E-state index >= 15 is 0 Å². The van der Waals surface area contributed by atoms with Crippen molar-refractivity contribution < 1.29 is 28.2 Å². The summed E-state index contributed by atoms with van der Waals surface area (Å²) in [6.45, 7) is 8.79. The zero-order valence-electron chi connectivity index (χ0n) is 17.4. The summed E-state index contributed by atoms with van der Waals surface area (Å²) in [6.07, 6.45) is -0.564. The van der Waals surface area contributed by atoms with Crippen LogP contribution < -0.4 is 5.32 Å². The maximum Gasteiger partial charge on any atom is 0.408 e. The molecule has 1 amide bonds. The number of hydrogen-bond donors (Lipinski definition) is 1. The van der Waals surface area contributed by atoms with Crippen molar-refractivity contribution in [3.05, 3.63) is 35.6 Å². The molecule has 0 radical (unpaired) electrons. The van der Waals surface area contributed by atoms with E-state index in [-0.39, 0.29) is 30.4 Å². The minimum Gasteiger partial charge on any atom is -0.469 e. The third kappa shape index (κ3) is 8.06. The molecule has 0 aromatic heterocycles. The number of halogens is 1. The van der Waals surface area contributed by atoms with Crippen LogP contribution in [0.25, 0.3) is 0 Å². The predicted molar refractivity (Wildman–Crippen MR) is 103 cm³/mol. The van der Waals surface area contributed by atoms with Gasteiger partial charge in [0.05, 0.1) is 19.1 Å². The molecule has 6 nitrogen and oxygen atoms in total. The number of nitrogens with one attached hydrogen (secondary N) is 1. The van der Waals surface area contributed by atoms with E-state index in [2.05, 4.69) is 5.32 Å². The molecule has 1 aromatic carbocycles. The van der Waals surface area contributed by atoms with Gasteiger partial charge < -0.3 is 14.8 Å². The van der Waals surface area contributed by atoms with Crippen LogP contribution >= 0.6 is 0 Å². The highest BCUT2D eigenvalue weighted by atomic mass is 19.1. The molecule has 0 saturated carbocycles. The second-order valence-electron chi connectivity index (χ2n) is 8.09. The molecule has 1 rings (SSSR count). The van der Waals surface area contributed by atoms with Crippen molar-refractivity contribution in [2.45, 2.75) is 59.1 Å². The predicted octanol–water partition coefficient (Wildman–Crippen LogP) is 3.67. The molecular formula is C21H30FNO5. The third-order valence-corrected chi connectivity index (χ3v) is 4.06. The topological polar surface area (TPSA) is 81.7 Å². The lowest BCUT2D eigenvalue weighted by atomic mass is 9.89. The summed E-state index contributed by atoms with van der Waals surface area (Å²) in [6, 6.07) is 4.93. The van der Waals surface area contributed by atoms with Gasteiger partial charge in [0.15, 0.2) is 5.78 Å². The van der Waals surface area contributed by atoms with E-state index in [4.69, 9.17) is 9.47 Å². The minimum absolute atomic E-state index is 0.108. The quantitative estimate of drug-likeness (QED) is 0.679. The Hall–Kier alpha value is -2.44. The Morgan fingerprint density at radius 2 is 1.68 bits per heavy atom. The molecular weight excluding hydrogens is 365 g/mol. The van der Waals surface area contributed by atoms with Gasteiger partial charge in [-0.25, -0.2) is 9.18 Å². The molecule has 0 heterocycles. The van der Waals surface area contributed by atoms with Gasteiger partial charge in [0.25, 0.3) is 0 Å². The molecule has 156 valence electrons. The van der Waals surface area contributed by atoms with E-state index < -0.39 is 29.6 Å². The van der Waals surface area contributed by atoms with Gasteiger partial charge in [-0.15, -0.1) is 0 Å². The molecule has 0 aliphatic rings. The van der Waals surface area contributed by atoms with Crippen molar-refractivity contribution >= 4 is 17.8 Å². The van der Waals surface area contributed by atoms with E-state index in [0.29, 0.717) is 5.56 Å². The first-order chi connectivity index (χ1) is 12.9. The summed E-state index contributed by atoms with van der Waals surface area (Å²) >= 11 is 0. The van der Waals surface area contributed by atoms with E-state index in [1.807, 2.05) is 0 Å². The number of ether oxygens (including phenoxy) is 2. The van der Waals surface area contributed by atoms with Gasteiger partial charge in [0.1, 0.15) is 11.4 Å². The number of methoxy groups -OCH3 is 1. The number of Topliss-reactive ketones (excluding diaryl/α,β-unsaturated/α-hetero) is 1. The van der Waals surface area contributed by atoms with Crippen molar-refractivity contribution in [3.8, 4) is 0 Å². The van der Waals surface area contributed by atoms with Gasteiger partial charge in [-0.2, -0.15) is 0 Å². The monoisotopic (exact) mass is 395 g/mol. The summed E-state index contributed by atoms with van der Waals surface area (Å²) in [5.41, 5.74) is 0.0250. The maximum absolute atomic E-state index is 13.1. The van der Waals surface area contributed by atoms with Crippen LogP contribution in [0.15, 0.2) is 24.3 Å². The smallest absolute Gasteiger partial charge is 0.408 e. The second kappa shape index (κ2) is 10.2. The average Bonchev–Trinajstić information content (AvgIpc) is 2.58. The maximum atomic E-state index is 13.1. The summed E-state index contributed by atoms with van der Waals surface area (Å²) in [4.78, 5) is 37.0. The van der Waals surface area contributed by atoms with Crippen LogP contribution in [0.4, 0.5) is 9.18 Å². The third-order valence-electron chi connectivity index (χ3n) is 4.06.